The van der Waals surface area contributed by atoms with Crippen LogP contribution in [-0.2, 0) is 10.0 Å². The lowest BCUT2D eigenvalue weighted by Gasteiger charge is -2.33. The molecule has 1 amide bonds. The lowest BCUT2D eigenvalue weighted by Crippen LogP contribution is -2.50. The first-order valence-corrected chi connectivity index (χ1v) is 8.91. The van der Waals surface area contributed by atoms with E-state index in [2.05, 4.69) is 4.98 Å². The Labute approximate surface area is 129 Å². The maximum atomic E-state index is 12.7. The van der Waals surface area contributed by atoms with Gasteiger partial charge in [-0.15, -0.1) is 0 Å². The van der Waals surface area contributed by atoms with Gasteiger partial charge in [0.1, 0.15) is 11.3 Å². The Morgan fingerprint density at radius 2 is 1.86 bits per heavy atom. The minimum absolute atomic E-state index is 0.107. The minimum Gasteiger partial charge on any atom is -0.335 e. The first-order valence-electron chi connectivity index (χ1n) is 7.06. The largest absolute Gasteiger partial charge is 0.335 e. The fraction of sp³-hybridized carbons (Fsp3) is 0.429. The summed E-state index contributed by atoms with van der Waals surface area (Å²) in [4.78, 5) is 18.8. The second kappa shape index (κ2) is 5.36. The fourth-order valence-corrected chi connectivity index (χ4v) is 3.57. The van der Waals surface area contributed by atoms with Gasteiger partial charge in [-0.3, -0.25) is 9.20 Å². The molecule has 0 aromatic carbocycles. The summed E-state index contributed by atoms with van der Waals surface area (Å²) in [5.41, 5.74) is 1.96. The van der Waals surface area contributed by atoms with Gasteiger partial charge in [0.05, 0.1) is 11.9 Å². The highest BCUT2D eigenvalue weighted by molar-refractivity contribution is 7.88. The molecule has 1 fully saturated rings. The number of amides is 1. The standard InChI is InChI=1S/C14H18N4O3S/c1-11-13(18-6-4-3-5-12(18)15-11)14(19)16-7-9-17(10-8-16)22(2,20)21/h3-6H,7-10H2,1-2H3. The quantitative estimate of drug-likeness (QED) is 0.800. The highest BCUT2D eigenvalue weighted by atomic mass is 32.2. The molecule has 7 nitrogen and oxygen atoms in total. The average Bonchev–Trinajstić information content (AvgIpc) is 2.81. The van der Waals surface area contributed by atoms with Gasteiger partial charge in [-0.05, 0) is 19.1 Å². The molecular weight excluding hydrogens is 304 g/mol. The molecule has 1 aliphatic rings. The Hall–Kier alpha value is -1.93. The minimum atomic E-state index is -3.19. The van der Waals surface area contributed by atoms with Crippen LogP contribution in [0.3, 0.4) is 0 Å². The predicted molar refractivity (Wildman–Crippen MR) is 82.2 cm³/mol. The van der Waals surface area contributed by atoms with Crippen molar-refractivity contribution in [2.45, 2.75) is 6.92 Å². The highest BCUT2D eigenvalue weighted by Crippen LogP contribution is 2.16. The molecule has 3 heterocycles. The van der Waals surface area contributed by atoms with Gasteiger partial charge in [0, 0.05) is 32.4 Å². The second-order valence-corrected chi connectivity index (χ2v) is 7.41. The number of nitrogens with zero attached hydrogens (tertiary/aromatic N) is 4. The SMILES string of the molecule is Cc1nc2ccccn2c1C(=O)N1CCN(S(C)(=O)=O)CC1. The molecule has 8 heteroatoms. The molecule has 1 aliphatic heterocycles. The van der Waals surface area contributed by atoms with Crippen molar-refractivity contribution in [3.63, 3.8) is 0 Å². The van der Waals surface area contributed by atoms with Crippen LogP contribution in [0, 0.1) is 6.92 Å². The molecular formula is C14H18N4O3S. The fourth-order valence-electron chi connectivity index (χ4n) is 2.74. The number of piperazine rings is 1. The van der Waals surface area contributed by atoms with Crippen molar-refractivity contribution in [3.05, 3.63) is 35.8 Å². The number of hydrogen-bond acceptors (Lipinski definition) is 4. The van der Waals surface area contributed by atoms with E-state index in [-0.39, 0.29) is 5.91 Å². The van der Waals surface area contributed by atoms with Gasteiger partial charge in [0.2, 0.25) is 10.0 Å². The van der Waals surface area contributed by atoms with E-state index in [4.69, 9.17) is 0 Å². The van der Waals surface area contributed by atoms with Crippen LogP contribution in [0.4, 0.5) is 0 Å². The van der Waals surface area contributed by atoms with E-state index in [9.17, 15) is 13.2 Å². The number of sulfonamides is 1. The summed E-state index contributed by atoms with van der Waals surface area (Å²) in [6, 6.07) is 5.58. The third-order valence-corrected chi connectivity index (χ3v) is 5.20. The van der Waals surface area contributed by atoms with Crippen molar-refractivity contribution >= 4 is 21.6 Å². The lowest BCUT2D eigenvalue weighted by molar-refractivity contribution is 0.0690. The van der Waals surface area contributed by atoms with Gasteiger partial charge in [0.15, 0.2) is 0 Å². The monoisotopic (exact) mass is 322 g/mol. The van der Waals surface area contributed by atoms with Crippen molar-refractivity contribution < 1.29 is 13.2 Å². The lowest BCUT2D eigenvalue weighted by atomic mass is 10.2. The van der Waals surface area contributed by atoms with E-state index < -0.39 is 10.0 Å². The first-order chi connectivity index (χ1) is 10.4. The van der Waals surface area contributed by atoms with Crippen molar-refractivity contribution in [3.8, 4) is 0 Å². The summed E-state index contributed by atoms with van der Waals surface area (Å²) in [7, 11) is -3.19. The van der Waals surface area contributed by atoms with Gasteiger partial charge < -0.3 is 4.90 Å². The number of carbonyl (C=O) groups excluding carboxylic acids is 1. The van der Waals surface area contributed by atoms with E-state index in [1.54, 1.807) is 9.30 Å². The average molecular weight is 322 g/mol. The van der Waals surface area contributed by atoms with Crippen molar-refractivity contribution in [2.24, 2.45) is 0 Å². The van der Waals surface area contributed by atoms with Crippen LogP contribution < -0.4 is 0 Å². The molecule has 2 aromatic heterocycles. The van der Waals surface area contributed by atoms with Gasteiger partial charge in [-0.2, -0.15) is 4.31 Å². The number of aryl methyl sites for hydroxylation is 1. The van der Waals surface area contributed by atoms with Crippen LogP contribution in [-0.4, -0.2) is 65.3 Å². The van der Waals surface area contributed by atoms with Crippen LogP contribution in [0.25, 0.3) is 5.65 Å². The predicted octanol–water partition coefficient (Wildman–Crippen LogP) is 0.360. The summed E-state index contributed by atoms with van der Waals surface area (Å²) in [6.45, 7) is 3.27. The van der Waals surface area contributed by atoms with Gasteiger partial charge in [0.25, 0.3) is 5.91 Å². The van der Waals surface area contributed by atoms with Crippen LogP contribution in [0.5, 0.6) is 0 Å². The van der Waals surface area contributed by atoms with Crippen LogP contribution in [0.2, 0.25) is 0 Å². The van der Waals surface area contributed by atoms with E-state index in [0.717, 1.165) is 5.65 Å². The van der Waals surface area contributed by atoms with Crippen molar-refractivity contribution in [1.82, 2.24) is 18.6 Å². The summed E-state index contributed by atoms with van der Waals surface area (Å²) in [5, 5.41) is 0. The smallest absolute Gasteiger partial charge is 0.272 e. The van der Waals surface area contributed by atoms with Crippen LogP contribution >= 0.6 is 0 Å². The molecule has 1 saturated heterocycles. The van der Waals surface area contributed by atoms with Gasteiger partial charge in [-0.25, -0.2) is 13.4 Å². The summed E-state index contributed by atoms with van der Waals surface area (Å²) in [5.74, 6) is -0.107. The van der Waals surface area contributed by atoms with E-state index in [0.29, 0.717) is 37.6 Å². The zero-order valence-corrected chi connectivity index (χ0v) is 13.4. The number of pyridine rings is 1. The molecule has 3 rings (SSSR count). The number of aromatic nitrogens is 2. The maximum absolute atomic E-state index is 12.7. The summed E-state index contributed by atoms with van der Waals surface area (Å²) >= 11 is 0. The Bertz CT molecular complexity index is 820. The Morgan fingerprint density at radius 3 is 2.50 bits per heavy atom. The number of fused-ring (bicyclic) bond motifs is 1. The first kappa shape index (κ1) is 15.0. The normalized spacial score (nSPS) is 17.1. The molecule has 22 heavy (non-hydrogen) atoms. The number of hydrogen-bond donors (Lipinski definition) is 0. The number of carbonyl (C=O) groups is 1. The van der Waals surface area contributed by atoms with Crippen molar-refractivity contribution in [2.75, 3.05) is 32.4 Å². The molecule has 0 N–H and O–H groups in total. The number of imidazole rings is 1. The third kappa shape index (κ3) is 2.59. The zero-order valence-electron chi connectivity index (χ0n) is 12.6. The second-order valence-electron chi connectivity index (χ2n) is 5.43. The molecule has 0 saturated carbocycles. The molecule has 2 aromatic rings. The van der Waals surface area contributed by atoms with Crippen molar-refractivity contribution in [1.29, 1.82) is 0 Å². The summed E-state index contributed by atoms with van der Waals surface area (Å²) in [6.07, 6.45) is 3.01. The number of rotatable bonds is 2. The van der Waals surface area contributed by atoms with Gasteiger partial charge >= 0.3 is 0 Å². The van der Waals surface area contributed by atoms with Gasteiger partial charge in [-0.1, -0.05) is 6.07 Å². The molecule has 0 atom stereocenters. The third-order valence-electron chi connectivity index (χ3n) is 3.90. The highest BCUT2D eigenvalue weighted by Gasteiger charge is 2.28. The van der Waals surface area contributed by atoms with E-state index in [1.165, 1.54) is 10.6 Å². The Balaban J connectivity index is 1.84. The molecule has 0 aliphatic carbocycles. The molecule has 0 bridgehead atoms. The Morgan fingerprint density at radius 1 is 1.18 bits per heavy atom. The molecule has 0 unspecified atom stereocenters. The topological polar surface area (TPSA) is 75.0 Å². The maximum Gasteiger partial charge on any atom is 0.272 e. The van der Waals surface area contributed by atoms with E-state index >= 15 is 0 Å². The molecule has 118 valence electrons. The molecule has 0 radical (unpaired) electrons. The molecule has 0 spiro atoms. The summed E-state index contributed by atoms with van der Waals surface area (Å²) < 4.78 is 26.2. The van der Waals surface area contributed by atoms with Crippen LogP contribution in [0.15, 0.2) is 24.4 Å². The zero-order chi connectivity index (χ0) is 15.9. The van der Waals surface area contributed by atoms with Crippen LogP contribution in [0.1, 0.15) is 16.2 Å². The Kier molecular flexibility index (Phi) is 3.65. The van der Waals surface area contributed by atoms with E-state index in [1.807, 2.05) is 31.3 Å².